The summed E-state index contributed by atoms with van der Waals surface area (Å²) in [6.45, 7) is 7.28. The lowest BCUT2D eigenvalue weighted by Gasteiger charge is -2.21. The molecule has 1 aliphatic rings. The summed E-state index contributed by atoms with van der Waals surface area (Å²) < 4.78 is 0. The first-order valence-electron chi connectivity index (χ1n) is 8.53. The molecule has 1 saturated heterocycles. The van der Waals surface area contributed by atoms with E-state index in [0.29, 0.717) is 31.2 Å². The molecule has 0 bridgehead atoms. The van der Waals surface area contributed by atoms with Crippen molar-refractivity contribution in [2.75, 3.05) is 26.2 Å². The number of carbonyl (C=O) groups excluding carboxylic acids is 1. The molecular weight excluding hydrogens is 318 g/mol. The molecule has 0 radical (unpaired) electrons. The van der Waals surface area contributed by atoms with Gasteiger partial charge in [0, 0.05) is 44.5 Å². The second-order valence-electron chi connectivity index (χ2n) is 6.41. The molecule has 0 unspecified atom stereocenters. The summed E-state index contributed by atoms with van der Waals surface area (Å²) in [5.74, 6) is 0.607. The summed E-state index contributed by atoms with van der Waals surface area (Å²) in [4.78, 5) is 39.7. The number of amides is 1. The molecule has 0 atom stereocenters. The first kappa shape index (κ1) is 17.3. The van der Waals surface area contributed by atoms with E-state index in [1.54, 1.807) is 13.0 Å². The van der Waals surface area contributed by atoms with Gasteiger partial charge in [-0.05, 0) is 32.4 Å². The Bertz CT molecular complexity index is 817. The fourth-order valence-corrected chi connectivity index (χ4v) is 3.11. The van der Waals surface area contributed by atoms with Crippen LogP contribution in [0, 0.1) is 13.8 Å². The van der Waals surface area contributed by atoms with Crippen LogP contribution in [0.15, 0.2) is 29.1 Å². The van der Waals surface area contributed by atoms with E-state index in [1.807, 2.05) is 24.0 Å². The quantitative estimate of drug-likeness (QED) is 0.905. The predicted molar refractivity (Wildman–Crippen MR) is 94.4 cm³/mol. The third-order valence-electron chi connectivity index (χ3n) is 4.28. The zero-order valence-corrected chi connectivity index (χ0v) is 14.7. The van der Waals surface area contributed by atoms with Gasteiger partial charge in [-0.2, -0.15) is 0 Å². The van der Waals surface area contributed by atoms with E-state index in [0.717, 1.165) is 30.9 Å². The predicted octanol–water partition coefficient (Wildman–Crippen LogP) is 1.13. The Kier molecular flexibility index (Phi) is 5.23. The highest BCUT2D eigenvalue weighted by Gasteiger charge is 2.21. The molecule has 3 rings (SSSR count). The maximum absolute atomic E-state index is 12.6. The lowest BCUT2D eigenvalue weighted by atomic mass is 10.2. The van der Waals surface area contributed by atoms with Crippen LogP contribution in [0.2, 0.25) is 0 Å². The number of aromatic nitrogens is 3. The minimum absolute atomic E-state index is 0.0179. The molecule has 0 spiro atoms. The Balaban J connectivity index is 1.64. The average Bonchev–Trinajstić information content (AvgIpc) is 2.79. The van der Waals surface area contributed by atoms with E-state index in [1.165, 1.54) is 6.07 Å². The summed E-state index contributed by atoms with van der Waals surface area (Å²) in [6, 6.07) is 7.05. The number of pyridine rings is 1. The largest absolute Gasteiger partial charge is 0.336 e. The second-order valence-corrected chi connectivity index (χ2v) is 6.41. The fourth-order valence-electron chi connectivity index (χ4n) is 3.11. The number of aryl methyl sites for hydroxylation is 2. The van der Waals surface area contributed by atoms with Gasteiger partial charge in [0.25, 0.3) is 11.5 Å². The molecule has 0 aliphatic carbocycles. The van der Waals surface area contributed by atoms with E-state index >= 15 is 0 Å². The van der Waals surface area contributed by atoms with Gasteiger partial charge in [-0.15, -0.1) is 0 Å². The number of nitrogens with zero attached hydrogens (tertiary/aromatic N) is 4. The van der Waals surface area contributed by atoms with Crippen molar-refractivity contribution < 1.29 is 4.79 Å². The summed E-state index contributed by atoms with van der Waals surface area (Å²) in [5, 5.41) is 0. The van der Waals surface area contributed by atoms with Crippen molar-refractivity contribution in [2.45, 2.75) is 26.8 Å². The number of H-pyrrole nitrogens is 1. The van der Waals surface area contributed by atoms with E-state index in [9.17, 15) is 9.59 Å². The summed E-state index contributed by atoms with van der Waals surface area (Å²) in [6.07, 6.45) is 0.889. The maximum Gasteiger partial charge on any atom is 0.272 e. The van der Waals surface area contributed by atoms with Gasteiger partial charge < -0.3 is 9.88 Å². The number of hydrogen-bond acceptors (Lipinski definition) is 5. The Morgan fingerprint density at radius 3 is 2.76 bits per heavy atom. The minimum atomic E-state index is -0.125. The smallest absolute Gasteiger partial charge is 0.272 e. The molecule has 7 nitrogen and oxygen atoms in total. The average molecular weight is 341 g/mol. The molecule has 2 aromatic rings. The lowest BCUT2D eigenvalue weighted by Crippen LogP contribution is -2.35. The topological polar surface area (TPSA) is 82.2 Å². The highest BCUT2D eigenvalue weighted by Crippen LogP contribution is 2.10. The summed E-state index contributed by atoms with van der Waals surface area (Å²) in [7, 11) is 0. The van der Waals surface area contributed by atoms with Gasteiger partial charge in [0.05, 0.1) is 5.69 Å². The summed E-state index contributed by atoms with van der Waals surface area (Å²) >= 11 is 0. The standard InChI is InChI=1S/C18H23N5O2/c1-13-5-3-6-16(19-13)18(25)23-8-4-7-22(9-10-23)12-15-11-17(24)21-14(2)20-15/h3,5-6,11H,4,7-10,12H2,1-2H3,(H,20,21,24). The Hall–Kier alpha value is -2.54. The molecule has 1 amide bonds. The number of hydrogen-bond donors (Lipinski definition) is 1. The number of rotatable bonds is 3. The van der Waals surface area contributed by atoms with Crippen molar-refractivity contribution in [2.24, 2.45) is 0 Å². The minimum Gasteiger partial charge on any atom is -0.336 e. The van der Waals surface area contributed by atoms with E-state index in [4.69, 9.17) is 0 Å². The fraction of sp³-hybridized carbons (Fsp3) is 0.444. The van der Waals surface area contributed by atoms with Crippen molar-refractivity contribution in [3.05, 3.63) is 57.5 Å². The molecule has 0 saturated carbocycles. The third kappa shape index (κ3) is 4.51. The molecule has 2 aromatic heterocycles. The molecular formula is C18H23N5O2. The Morgan fingerprint density at radius 2 is 2.00 bits per heavy atom. The van der Waals surface area contributed by atoms with Gasteiger partial charge in [0.1, 0.15) is 11.5 Å². The van der Waals surface area contributed by atoms with Crippen molar-refractivity contribution in [1.82, 2.24) is 24.8 Å². The zero-order chi connectivity index (χ0) is 17.8. The van der Waals surface area contributed by atoms with Crippen molar-refractivity contribution in [1.29, 1.82) is 0 Å². The molecule has 3 heterocycles. The normalized spacial score (nSPS) is 15.8. The van der Waals surface area contributed by atoms with Crippen LogP contribution in [0.3, 0.4) is 0 Å². The van der Waals surface area contributed by atoms with Crippen LogP contribution in [-0.2, 0) is 6.54 Å². The first-order valence-corrected chi connectivity index (χ1v) is 8.53. The first-order chi connectivity index (χ1) is 12.0. The monoisotopic (exact) mass is 341 g/mol. The van der Waals surface area contributed by atoms with Crippen LogP contribution in [0.4, 0.5) is 0 Å². The highest BCUT2D eigenvalue weighted by atomic mass is 16.2. The third-order valence-corrected chi connectivity index (χ3v) is 4.28. The van der Waals surface area contributed by atoms with E-state index < -0.39 is 0 Å². The van der Waals surface area contributed by atoms with Gasteiger partial charge in [-0.25, -0.2) is 9.97 Å². The lowest BCUT2D eigenvalue weighted by molar-refractivity contribution is 0.0755. The van der Waals surface area contributed by atoms with Crippen molar-refractivity contribution >= 4 is 5.91 Å². The van der Waals surface area contributed by atoms with Crippen LogP contribution in [0.1, 0.15) is 34.1 Å². The van der Waals surface area contributed by atoms with Gasteiger partial charge in [0.2, 0.25) is 0 Å². The number of nitrogens with one attached hydrogen (secondary N) is 1. The molecule has 1 aliphatic heterocycles. The summed E-state index contributed by atoms with van der Waals surface area (Å²) in [5.41, 5.74) is 1.99. The van der Waals surface area contributed by atoms with E-state index in [2.05, 4.69) is 19.9 Å². The second kappa shape index (κ2) is 7.57. The SMILES string of the molecule is Cc1cccc(C(=O)N2CCCN(Cc3cc(=O)[nH]c(C)n3)CC2)n1. The van der Waals surface area contributed by atoms with Crippen LogP contribution in [-0.4, -0.2) is 56.8 Å². The van der Waals surface area contributed by atoms with Gasteiger partial charge in [0.15, 0.2) is 0 Å². The highest BCUT2D eigenvalue weighted by molar-refractivity contribution is 5.92. The molecule has 1 fully saturated rings. The van der Waals surface area contributed by atoms with Crippen molar-refractivity contribution in [3.63, 3.8) is 0 Å². The van der Waals surface area contributed by atoms with Gasteiger partial charge in [-0.1, -0.05) is 6.07 Å². The van der Waals surface area contributed by atoms with Crippen LogP contribution in [0.5, 0.6) is 0 Å². The molecule has 25 heavy (non-hydrogen) atoms. The molecule has 132 valence electrons. The molecule has 1 N–H and O–H groups in total. The Morgan fingerprint density at radius 1 is 1.16 bits per heavy atom. The molecule has 0 aromatic carbocycles. The Labute approximate surface area is 146 Å². The van der Waals surface area contributed by atoms with Gasteiger partial charge in [-0.3, -0.25) is 14.5 Å². The molecule has 7 heteroatoms. The van der Waals surface area contributed by atoms with E-state index in [-0.39, 0.29) is 11.5 Å². The maximum atomic E-state index is 12.6. The van der Waals surface area contributed by atoms with Crippen LogP contribution >= 0.6 is 0 Å². The van der Waals surface area contributed by atoms with Crippen LogP contribution < -0.4 is 5.56 Å². The van der Waals surface area contributed by atoms with Crippen LogP contribution in [0.25, 0.3) is 0 Å². The number of aromatic amines is 1. The van der Waals surface area contributed by atoms with Crippen molar-refractivity contribution in [3.8, 4) is 0 Å². The zero-order valence-electron chi connectivity index (χ0n) is 14.7. The van der Waals surface area contributed by atoms with Gasteiger partial charge >= 0.3 is 0 Å². The number of carbonyl (C=O) groups is 1.